The van der Waals surface area contributed by atoms with E-state index in [0.29, 0.717) is 17.3 Å². The molecule has 0 spiro atoms. The van der Waals surface area contributed by atoms with Crippen LogP contribution in [-0.2, 0) is 0 Å². The number of carbonyl (C=O) groups excluding carboxylic acids is 1. The van der Waals surface area contributed by atoms with Gasteiger partial charge in [0.05, 0.1) is 18.1 Å². The summed E-state index contributed by atoms with van der Waals surface area (Å²) in [6.45, 7) is 0. The number of nitrogens with one attached hydrogen (secondary N) is 3. The van der Waals surface area contributed by atoms with Crippen molar-refractivity contribution in [1.29, 1.82) is 5.26 Å². The zero-order valence-corrected chi connectivity index (χ0v) is 17.3. The van der Waals surface area contributed by atoms with Crippen molar-refractivity contribution in [2.24, 2.45) is 5.73 Å². The van der Waals surface area contributed by atoms with E-state index in [-0.39, 0.29) is 35.4 Å². The Balaban J connectivity index is 1.54. The van der Waals surface area contributed by atoms with Crippen molar-refractivity contribution in [2.45, 2.75) is 69.5 Å². The molecule has 2 aliphatic carbocycles. The van der Waals surface area contributed by atoms with Gasteiger partial charge in [0, 0.05) is 24.2 Å². The first-order valence-corrected chi connectivity index (χ1v) is 10.8. The first-order chi connectivity index (χ1) is 15.1. The van der Waals surface area contributed by atoms with Gasteiger partial charge in [-0.15, -0.1) is 10.2 Å². The summed E-state index contributed by atoms with van der Waals surface area (Å²) in [4.78, 5) is 21.1. The second-order valence-electron chi connectivity index (χ2n) is 8.24. The zero-order chi connectivity index (χ0) is 21.6. The Labute approximate surface area is 181 Å². The normalized spacial score (nSPS) is 21.3. The van der Waals surface area contributed by atoms with E-state index in [0.717, 1.165) is 44.9 Å². The molecule has 0 radical (unpaired) electrons. The van der Waals surface area contributed by atoms with E-state index in [1.165, 1.54) is 18.8 Å². The van der Waals surface area contributed by atoms with E-state index in [1.807, 2.05) is 6.07 Å². The molecule has 10 heteroatoms. The fraction of sp³-hybridized carbons (Fsp3) is 0.524. The van der Waals surface area contributed by atoms with Gasteiger partial charge in [-0.05, 0) is 32.1 Å². The molecule has 2 saturated carbocycles. The van der Waals surface area contributed by atoms with Crippen LogP contribution in [-0.4, -0.2) is 44.2 Å². The van der Waals surface area contributed by atoms with Crippen LogP contribution in [0.3, 0.4) is 0 Å². The molecule has 2 fully saturated rings. The molecule has 0 aliphatic heterocycles. The van der Waals surface area contributed by atoms with Crippen molar-refractivity contribution in [3.05, 3.63) is 29.8 Å². The number of anilines is 3. The van der Waals surface area contributed by atoms with Crippen molar-refractivity contribution in [2.75, 3.05) is 10.6 Å². The minimum atomic E-state index is -0.214. The molecule has 0 saturated heterocycles. The fourth-order valence-corrected chi connectivity index (χ4v) is 4.18. The Kier molecular flexibility index (Phi) is 6.52. The predicted molar refractivity (Wildman–Crippen MR) is 116 cm³/mol. The van der Waals surface area contributed by atoms with Gasteiger partial charge >= 0.3 is 0 Å². The van der Waals surface area contributed by atoms with Gasteiger partial charge < -0.3 is 21.7 Å². The van der Waals surface area contributed by atoms with Crippen molar-refractivity contribution in [3.8, 4) is 6.07 Å². The minimum absolute atomic E-state index is 0.165. The monoisotopic (exact) mass is 421 g/mol. The van der Waals surface area contributed by atoms with E-state index in [1.54, 1.807) is 6.07 Å². The summed E-state index contributed by atoms with van der Waals surface area (Å²) in [5, 5.41) is 26.8. The van der Waals surface area contributed by atoms with Gasteiger partial charge in [0.2, 0.25) is 0 Å². The van der Waals surface area contributed by atoms with Crippen LogP contribution >= 0.6 is 0 Å². The summed E-state index contributed by atoms with van der Waals surface area (Å²) in [5.41, 5.74) is 7.18. The van der Waals surface area contributed by atoms with Crippen LogP contribution < -0.4 is 21.7 Å². The van der Waals surface area contributed by atoms with Gasteiger partial charge in [-0.2, -0.15) is 5.26 Å². The van der Waals surface area contributed by atoms with Crippen LogP contribution in [0.5, 0.6) is 0 Å². The summed E-state index contributed by atoms with van der Waals surface area (Å²) in [6, 6.07) is 4.22. The maximum Gasteiger partial charge on any atom is 0.274 e. The number of hydrogen-bond acceptors (Lipinski definition) is 9. The Morgan fingerprint density at radius 1 is 1.03 bits per heavy atom. The standard InChI is InChI=1S/C21H27N9O/c22-10-16-11-25-19(12-24-16)28-18-9-17(26-15-7-6-13(23)8-15)20(30-29-18)21(31)27-14-4-2-1-3-5-14/h9,11-15H,1-8,23H2,(H,27,31)(H2,25,26,28,29). The average molecular weight is 422 g/mol. The molecule has 2 aromatic heterocycles. The number of carbonyl (C=O) groups is 1. The van der Waals surface area contributed by atoms with Crippen LogP contribution in [0.4, 0.5) is 17.3 Å². The number of rotatable bonds is 6. The van der Waals surface area contributed by atoms with Gasteiger partial charge in [-0.25, -0.2) is 9.97 Å². The third kappa shape index (κ3) is 5.44. The molecule has 4 rings (SSSR count). The lowest BCUT2D eigenvalue weighted by molar-refractivity contribution is 0.0922. The molecule has 5 N–H and O–H groups in total. The number of aromatic nitrogens is 4. The number of hydrogen-bond donors (Lipinski definition) is 4. The lowest BCUT2D eigenvalue weighted by atomic mass is 9.95. The van der Waals surface area contributed by atoms with Crippen molar-refractivity contribution >= 4 is 23.2 Å². The SMILES string of the molecule is N#Cc1cnc(Nc2cc(NC3CCC(N)C3)c(C(=O)NC3CCCCC3)nn2)cn1. The Bertz CT molecular complexity index is 950. The highest BCUT2D eigenvalue weighted by atomic mass is 16.2. The molecule has 0 aromatic carbocycles. The number of nitrogens with zero attached hydrogens (tertiary/aromatic N) is 5. The molecule has 2 heterocycles. The molecule has 0 bridgehead atoms. The second kappa shape index (κ2) is 9.66. The van der Waals surface area contributed by atoms with E-state index in [2.05, 4.69) is 36.1 Å². The quantitative estimate of drug-likeness (QED) is 0.549. The molecular formula is C21H27N9O. The van der Waals surface area contributed by atoms with E-state index >= 15 is 0 Å². The molecule has 31 heavy (non-hydrogen) atoms. The summed E-state index contributed by atoms with van der Waals surface area (Å²) < 4.78 is 0. The van der Waals surface area contributed by atoms with Gasteiger partial charge in [-0.3, -0.25) is 4.79 Å². The zero-order valence-electron chi connectivity index (χ0n) is 17.3. The maximum atomic E-state index is 13.0. The minimum Gasteiger partial charge on any atom is -0.380 e. The van der Waals surface area contributed by atoms with E-state index in [4.69, 9.17) is 11.0 Å². The Morgan fingerprint density at radius 3 is 2.55 bits per heavy atom. The summed E-state index contributed by atoms with van der Waals surface area (Å²) >= 11 is 0. The number of amides is 1. The first-order valence-electron chi connectivity index (χ1n) is 10.8. The second-order valence-corrected chi connectivity index (χ2v) is 8.24. The van der Waals surface area contributed by atoms with E-state index in [9.17, 15) is 4.79 Å². The summed E-state index contributed by atoms with van der Waals surface area (Å²) in [5.74, 6) is 0.647. The smallest absolute Gasteiger partial charge is 0.274 e. The van der Waals surface area contributed by atoms with Crippen molar-refractivity contribution in [3.63, 3.8) is 0 Å². The number of nitrogens with two attached hydrogens (primary N) is 1. The van der Waals surface area contributed by atoms with Crippen molar-refractivity contribution < 1.29 is 4.79 Å². The van der Waals surface area contributed by atoms with Gasteiger partial charge in [0.25, 0.3) is 5.91 Å². The third-order valence-corrected chi connectivity index (χ3v) is 5.80. The molecule has 1 amide bonds. The molecule has 162 valence electrons. The largest absolute Gasteiger partial charge is 0.380 e. The molecular weight excluding hydrogens is 394 g/mol. The van der Waals surface area contributed by atoms with E-state index < -0.39 is 0 Å². The van der Waals surface area contributed by atoms with Gasteiger partial charge in [0.15, 0.2) is 17.2 Å². The number of nitriles is 1. The van der Waals surface area contributed by atoms with Crippen LogP contribution in [0.1, 0.15) is 67.5 Å². The molecule has 2 aliphatic rings. The highest BCUT2D eigenvalue weighted by Gasteiger charge is 2.25. The summed E-state index contributed by atoms with van der Waals surface area (Å²) in [6.07, 6.45) is 11.0. The van der Waals surface area contributed by atoms with Crippen LogP contribution in [0.2, 0.25) is 0 Å². The van der Waals surface area contributed by atoms with Gasteiger partial charge in [-0.1, -0.05) is 19.3 Å². The Morgan fingerprint density at radius 2 is 1.87 bits per heavy atom. The molecule has 2 unspecified atom stereocenters. The van der Waals surface area contributed by atoms with Gasteiger partial charge in [0.1, 0.15) is 11.9 Å². The molecule has 2 atom stereocenters. The topological polar surface area (TPSA) is 155 Å². The lowest BCUT2D eigenvalue weighted by Gasteiger charge is -2.23. The average Bonchev–Trinajstić information content (AvgIpc) is 3.19. The fourth-order valence-electron chi connectivity index (χ4n) is 4.18. The third-order valence-electron chi connectivity index (χ3n) is 5.80. The summed E-state index contributed by atoms with van der Waals surface area (Å²) in [7, 11) is 0. The highest BCUT2D eigenvalue weighted by molar-refractivity contribution is 5.98. The van der Waals surface area contributed by atoms with Crippen LogP contribution in [0.15, 0.2) is 18.5 Å². The Hall–Kier alpha value is -3.32. The predicted octanol–water partition coefficient (Wildman–Crippen LogP) is 2.24. The first kappa shape index (κ1) is 20.9. The van der Waals surface area contributed by atoms with Crippen LogP contribution in [0, 0.1) is 11.3 Å². The maximum absolute atomic E-state index is 13.0. The lowest BCUT2D eigenvalue weighted by Crippen LogP contribution is -2.37. The molecule has 10 nitrogen and oxygen atoms in total. The van der Waals surface area contributed by atoms with Crippen molar-refractivity contribution in [1.82, 2.24) is 25.5 Å². The highest BCUT2D eigenvalue weighted by Crippen LogP contribution is 2.26. The van der Waals surface area contributed by atoms with Crippen LogP contribution in [0.25, 0.3) is 0 Å². The molecule has 2 aromatic rings.